The van der Waals surface area contributed by atoms with Gasteiger partial charge in [0.15, 0.2) is 0 Å². The van der Waals surface area contributed by atoms with Crippen molar-refractivity contribution in [2.45, 2.75) is 58.0 Å². The van der Waals surface area contributed by atoms with Gasteiger partial charge in [0.25, 0.3) is 0 Å². The topological polar surface area (TPSA) is 155 Å². The highest BCUT2D eigenvalue weighted by atomic mass is 17.1. The molecular weight excluding hydrogens is 464 g/mol. The van der Waals surface area contributed by atoms with Crippen LogP contribution < -0.4 is 0 Å². The van der Waals surface area contributed by atoms with E-state index in [0.717, 1.165) is 0 Å². The number of hydrogen-bond acceptors (Lipinski definition) is 11. The molecule has 0 spiro atoms. The number of carbonyl (C=O) groups is 4. The predicted octanol–water partition coefficient (Wildman–Crippen LogP) is 1.56. The van der Waals surface area contributed by atoms with E-state index in [0.29, 0.717) is 5.57 Å². The fourth-order valence-corrected chi connectivity index (χ4v) is 3.87. The predicted molar refractivity (Wildman–Crippen MR) is 119 cm³/mol. The Bertz CT molecular complexity index is 945. The molecule has 1 aliphatic carbocycles. The van der Waals surface area contributed by atoms with Crippen LogP contribution in [-0.2, 0) is 43.0 Å². The second kappa shape index (κ2) is 12.4. The van der Waals surface area contributed by atoms with Crippen LogP contribution >= 0.6 is 0 Å². The number of esters is 4. The average molecular weight is 494 g/mol. The van der Waals surface area contributed by atoms with Gasteiger partial charge in [-0.25, -0.2) is 14.5 Å². The van der Waals surface area contributed by atoms with E-state index in [1.54, 1.807) is 13.0 Å². The quantitative estimate of drug-likeness (QED) is 0.132. The molecule has 2 N–H and O–H groups in total. The lowest BCUT2D eigenvalue weighted by molar-refractivity contribution is -0.273. The normalized spacial score (nSPS) is 28.8. The molecule has 5 atom stereocenters. The van der Waals surface area contributed by atoms with E-state index < -0.39 is 60.8 Å². The fourth-order valence-electron chi connectivity index (χ4n) is 3.87. The first kappa shape index (κ1) is 28.0. The number of aliphatic hydroxyl groups excluding tert-OH is 1. The first-order valence-corrected chi connectivity index (χ1v) is 10.9. The molecule has 11 heteroatoms. The maximum absolute atomic E-state index is 12.8. The van der Waals surface area contributed by atoms with Gasteiger partial charge in [0, 0.05) is 32.3 Å². The minimum atomic E-state index is -1.05. The lowest BCUT2D eigenvalue weighted by atomic mass is 9.83. The van der Waals surface area contributed by atoms with Crippen molar-refractivity contribution < 1.29 is 53.4 Å². The summed E-state index contributed by atoms with van der Waals surface area (Å²) in [6, 6.07) is 0. The van der Waals surface area contributed by atoms with E-state index in [4.69, 9.17) is 18.9 Å². The number of rotatable bonds is 7. The largest absolute Gasteiger partial charge is 0.462 e. The van der Waals surface area contributed by atoms with Crippen LogP contribution in [0.5, 0.6) is 0 Å². The Labute approximate surface area is 202 Å². The lowest BCUT2D eigenvalue weighted by Gasteiger charge is -2.31. The van der Waals surface area contributed by atoms with E-state index in [1.165, 1.54) is 19.9 Å². The van der Waals surface area contributed by atoms with Gasteiger partial charge < -0.3 is 24.1 Å². The van der Waals surface area contributed by atoms with Crippen LogP contribution in [0.1, 0.15) is 33.6 Å². The summed E-state index contributed by atoms with van der Waals surface area (Å²) in [4.78, 5) is 52.3. The van der Waals surface area contributed by atoms with Gasteiger partial charge in [0.05, 0.1) is 18.1 Å². The smallest absolute Gasteiger partial charge is 0.336 e. The summed E-state index contributed by atoms with van der Waals surface area (Å²) in [5.74, 6) is -3.58. The van der Waals surface area contributed by atoms with Crippen molar-refractivity contribution in [1.29, 1.82) is 0 Å². The molecule has 1 fully saturated rings. The molecule has 0 aromatic rings. The molecule has 0 aromatic heterocycles. The molecule has 0 bridgehead atoms. The van der Waals surface area contributed by atoms with Crippen LogP contribution in [0.15, 0.2) is 47.6 Å². The van der Waals surface area contributed by atoms with Gasteiger partial charge in [-0.3, -0.25) is 14.8 Å². The molecule has 1 heterocycles. The zero-order valence-corrected chi connectivity index (χ0v) is 19.9. The van der Waals surface area contributed by atoms with Crippen molar-refractivity contribution >= 4 is 23.9 Å². The highest BCUT2D eigenvalue weighted by molar-refractivity contribution is 5.92. The maximum atomic E-state index is 12.8. The Kier molecular flexibility index (Phi) is 9.93. The minimum absolute atomic E-state index is 0.00830. The Morgan fingerprint density at radius 1 is 1.17 bits per heavy atom. The first-order chi connectivity index (χ1) is 16.5. The molecule has 0 amide bonds. The monoisotopic (exact) mass is 494 g/mol. The van der Waals surface area contributed by atoms with Crippen LogP contribution in [0.2, 0.25) is 0 Å². The van der Waals surface area contributed by atoms with Gasteiger partial charge in [0.2, 0.25) is 0 Å². The summed E-state index contributed by atoms with van der Waals surface area (Å²) in [6.07, 6.45) is -1.04. The van der Waals surface area contributed by atoms with Crippen LogP contribution in [0.4, 0.5) is 0 Å². The third kappa shape index (κ3) is 7.35. The van der Waals surface area contributed by atoms with Gasteiger partial charge in [-0.05, 0) is 30.2 Å². The Morgan fingerprint density at radius 2 is 1.86 bits per heavy atom. The van der Waals surface area contributed by atoms with E-state index in [-0.39, 0.29) is 36.2 Å². The molecule has 2 unspecified atom stereocenters. The van der Waals surface area contributed by atoms with E-state index in [1.807, 2.05) is 0 Å². The summed E-state index contributed by atoms with van der Waals surface area (Å²) in [5.41, 5.74) is 0.678. The van der Waals surface area contributed by atoms with Crippen LogP contribution in [0.25, 0.3) is 0 Å². The molecule has 0 saturated carbocycles. The molecule has 1 saturated heterocycles. The molecule has 0 radical (unpaired) electrons. The number of carbonyl (C=O) groups excluding carboxylic acids is 4. The summed E-state index contributed by atoms with van der Waals surface area (Å²) < 4.78 is 21.2. The first-order valence-electron chi connectivity index (χ1n) is 10.9. The van der Waals surface area contributed by atoms with E-state index in [9.17, 15) is 29.5 Å². The molecule has 2 aliphatic rings. The summed E-state index contributed by atoms with van der Waals surface area (Å²) >= 11 is 0. The molecule has 11 nitrogen and oxygen atoms in total. The van der Waals surface area contributed by atoms with Gasteiger partial charge >= 0.3 is 23.9 Å². The average Bonchev–Trinajstić information content (AvgIpc) is 3.05. The van der Waals surface area contributed by atoms with Crippen molar-refractivity contribution in [3.05, 3.63) is 47.6 Å². The van der Waals surface area contributed by atoms with Gasteiger partial charge in [-0.2, -0.15) is 0 Å². The van der Waals surface area contributed by atoms with Gasteiger partial charge in [0.1, 0.15) is 31.0 Å². The van der Waals surface area contributed by atoms with Crippen LogP contribution in [0.3, 0.4) is 0 Å². The Balaban J connectivity index is 2.44. The van der Waals surface area contributed by atoms with E-state index >= 15 is 0 Å². The molecular formula is C24H30O11. The third-order valence-corrected chi connectivity index (χ3v) is 5.69. The van der Waals surface area contributed by atoms with Crippen molar-refractivity contribution in [2.75, 3.05) is 13.2 Å². The second-order valence-electron chi connectivity index (χ2n) is 8.26. The number of hydrogen-bond donors (Lipinski definition) is 2. The molecule has 1 aliphatic heterocycles. The van der Waals surface area contributed by atoms with Crippen molar-refractivity contribution in [2.24, 2.45) is 5.92 Å². The summed E-state index contributed by atoms with van der Waals surface area (Å²) in [7, 11) is 0. The second-order valence-corrected chi connectivity index (χ2v) is 8.26. The Hall–Kier alpha value is -3.28. The van der Waals surface area contributed by atoms with Gasteiger partial charge in [-0.1, -0.05) is 13.2 Å². The molecule has 35 heavy (non-hydrogen) atoms. The van der Waals surface area contributed by atoms with Crippen molar-refractivity contribution in [1.82, 2.24) is 0 Å². The fraction of sp³-hybridized carbons (Fsp3) is 0.500. The van der Waals surface area contributed by atoms with Crippen molar-refractivity contribution in [3.63, 3.8) is 0 Å². The van der Waals surface area contributed by atoms with Crippen molar-refractivity contribution in [3.8, 4) is 0 Å². The molecule has 2 rings (SSSR count). The summed E-state index contributed by atoms with van der Waals surface area (Å²) in [6.45, 7) is 10.8. The zero-order chi connectivity index (χ0) is 26.3. The van der Waals surface area contributed by atoms with Gasteiger partial charge in [-0.15, -0.1) is 0 Å². The highest BCUT2D eigenvalue weighted by Gasteiger charge is 2.46. The maximum Gasteiger partial charge on any atom is 0.336 e. The molecule has 0 aromatic carbocycles. The minimum Gasteiger partial charge on any atom is -0.462 e. The Morgan fingerprint density at radius 3 is 2.43 bits per heavy atom. The molecule has 192 valence electrons. The third-order valence-electron chi connectivity index (χ3n) is 5.69. The van der Waals surface area contributed by atoms with Crippen LogP contribution in [-0.4, -0.2) is 71.9 Å². The van der Waals surface area contributed by atoms with E-state index in [2.05, 4.69) is 18.0 Å². The lowest BCUT2D eigenvalue weighted by Crippen LogP contribution is -2.37. The SMILES string of the molecule is C=C1C(=O)O[C@@H]2/C=C(/C)C(OC(C)=O)C[C@@H](OO)C(=C)CC(OC(=O)/C(=C/COC(C)=O)CO)[C@@H]12. The highest BCUT2D eigenvalue weighted by Crippen LogP contribution is 2.38. The number of aliphatic hydroxyl groups is 1. The van der Waals surface area contributed by atoms with Crippen LogP contribution in [0, 0.1) is 5.92 Å². The number of fused-ring (bicyclic) bond motifs is 1. The zero-order valence-electron chi connectivity index (χ0n) is 19.9. The summed E-state index contributed by atoms with van der Waals surface area (Å²) in [5, 5.41) is 19.1. The standard InChI is InChI=1S/C24H30O11/c1-12-8-20-22(14(3)23(28)33-20)21(34-24(29)17(11-25)6-7-31-15(4)26)9-13(2)19(35-30)10-18(12)32-16(5)27/h6,8,18-22,25,30H,2-3,7,9-11H2,1,4-5H3/b12-8-,17-6+/t18?,19-,20-,21?,22+/m1/s1. The number of ether oxygens (including phenoxy) is 4.